The van der Waals surface area contributed by atoms with Crippen LogP contribution in [0.15, 0.2) is 18.2 Å². The summed E-state index contributed by atoms with van der Waals surface area (Å²) in [7, 11) is 0. The van der Waals surface area contributed by atoms with Gasteiger partial charge in [-0.2, -0.15) is 0 Å². The number of carbonyl (C=O) groups excluding carboxylic acids is 1. The Labute approximate surface area is 117 Å². The first-order valence-corrected chi connectivity index (χ1v) is 6.81. The number of rotatable bonds is 5. The van der Waals surface area contributed by atoms with E-state index in [1.54, 1.807) is 0 Å². The number of halogens is 2. The average Bonchev–Trinajstić information content (AvgIpc) is 2.86. The van der Waals surface area contributed by atoms with Gasteiger partial charge in [0.2, 0.25) is 0 Å². The Hall–Kier alpha value is -0.970. The molecule has 1 aromatic carbocycles. The first-order valence-electron chi connectivity index (χ1n) is 6.44. The monoisotopic (exact) mass is 285 g/mol. The molecule has 0 bridgehead atoms. The van der Waals surface area contributed by atoms with Crippen molar-refractivity contribution in [3.8, 4) is 0 Å². The highest BCUT2D eigenvalue weighted by Crippen LogP contribution is 2.25. The van der Waals surface area contributed by atoms with Crippen molar-refractivity contribution >= 4 is 17.4 Å². The Bertz CT molecular complexity index is 467. The van der Waals surface area contributed by atoms with E-state index < -0.39 is 5.82 Å². The van der Waals surface area contributed by atoms with Crippen LogP contribution in [0.4, 0.5) is 4.39 Å². The lowest BCUT2D eigenvalue weighted by molar-refractivity contribution is 0.0891. The Morgan fingerprint density at radius 2 is 2.32 bits per heavy atom. The third kappa shape index (κ3) is 3.32. The van der Waals surface area contributed by atoms with Crippen LogP contribution in [0.1, 0.15) is 23.7 Å². The van der Waals surface area contributed by atoms with Crippen molar-refractivity contribution in [3.05, 3.63) is 34.6 Å². The van der Waals surface area contributed by atoms with Crippen LogP contribution in [0.3, 0.4) is 0 Å². The van der Waals surface area contributed by atoms with Gasteiger partial charge in [0, 0.05) is 11.6 Å². The predicted molar refractivity (Wildman–Crippen MR) is 72.1 cm³/mol. The molecule has 2 rings (SSSR count). The number of Topliss-reactive ketones (excluding diaryl/α,β-unsaturated/α-hetero) is 1. The summed E-state index contributed by atoms with van der Waals surface area (Å²) in [4.78, 5) is 12.4. The Kier molecular flexibility index (Phi) is 4.91. The first-order chi connectivity index (χ1) is 9.13. The lowest BCUT2D eigenvalue weighted by Crippen LogP contribution is -2.39. The smallest absolute Gasteiger partial charge is 0.171 e. The molecular formula is C14H17ClFNO2. The van der Waals surface area contributed by atoms with Gasteiger partial charge in [0.15, 0.2) is 5.78 Å². The fraction of sp³-hybridized carbons (Fsp3) is 0.500. The molecule has 1 heterocycles. The van der Waals surface area contributed by atoms with E-state index >= 15 is 0 Å². The Balaban J connectivity index is 2.16. The minimum absolute atomic E-state index is 0.0215. The van der Waals surface area contributed by atoms with Crippen molar-refractivity contribution in [2.45, 2.75) is 19.4 Å². The molecule has 2 atom stereocenters. The van der Waals surface area contributed by atoms with Crippen LogP contribution in [-0.2, 0) is 4.74 Å². The minimum atomic E-state index is -0.454. The lowest BCUT2D eigenvalue weighted by Gasteiger charge is -2.18. The topological polar surface area (TPSA) is 38.3 Å². The quantitative estimate of drug-likeness (QED) is 0.846. The summed E-state index contributed by atoms with van der Waals surface area (Å²) in [6.45, 7) is 3.74. The highest BCUT2D eigenvalue weighted by molar-refractivity contribution is 6.34. The van der Waals surface area contributed by atoms with Gasteiger partial charge in [-0.25, -0.2) is 4.39 Å². The van der Waals surface area contributed by atoms with Crippen LogP contribution in [0.25, 0.3) is 0 Å². The van der Waals surface area contributed by atoms with Gasteiger partial charge in [-0.1, -0.05) is 18.5 Å². The van der Waals surface area contributed by atoms with E-state index in [0.717, 1.165) is 13.0 Å². The molecule has 1 N–H and O–H groups in total. The molecule has 104 valence electrons. The Morgan fingerprint density at radius 1 is 1.53 bits per heavy atom. The number of benzene rings is 1. The molecule has 0 spiro atoms. The van der Waals surface area contributed by atoms with Crippen LogP contribution in [0.5, 0.6) is 0 Å². The van der Waals surface area contributed by atoms with E-state index in [2.05, 4.69) is 12.2 Å². The summed E-state index contributed by atoms with van der Waals surface area (Å²) < 4.78 is 18.6. The summed E-state index contributed by atoms with van der Waals surface area (Å²) in [6, 6.07) is 3.83. The number of hydrogen-bond acceptors (Lipinski definition) is 3. The van der Waals surface area contributed by atoms with Gasteiger partial charge in [-0.05, 0) is 31.2 Å². The van der Waals surface area contributed by atoms with Crippen LogP contribution in [-0.4, -0.2) is 31.6 Å². The third-order valence-corrected chi connectivity index (χ3v) is 3.60. The maximum Gasteiger partial charge on any atom is 0.171 e. The summed E-state index contributed by atoms with van der Waals surface area (Å²) in [6.07, 6.45) is 0.984. The molecular weight excluding hydrogens is 269 g/mol. The summed E-state index contributed by atoms with van der Waals surface area (Å²) in [5.74, 6) is -0.911. The Morgan fingerprint density at radius 3 is 3.05 bits per heavy atom. The number of ether oxygens (including phenoxy) is 1. The normalized spacial score (nSPS) is 22.7. The van der Waals surface area contributed by atoms with Gasteiger partial charge in [-0.3, -0.25) is 4.79 Å². The largest absolute Gasteiger partial charge is 0.379 e. The van der Waals surface area contributed by atoms with Gasteiger partial charge in [0.1, 0.15) is 5.82 Å². The van der Waals surface area contributed by atoms with E-state index in [-0.39, 0.29) is 28.3 Å². The molecule has 0 saturated carbocycles. The van der Waals surface area contributed by atoms with E-state index in [4.69, 9.17) is 16.3 Å². The fourth-order valence-corrected chi connectivity index (χ4v) is 2.44. The van der Waals surface area contributed by atoms with Gasteiger partial charge < -0.3 is 10.1 Å². The molecule has 1 aliphatic rings. The van der Waals surface area contributed by atoms with E-state index in [1.807, 2.05) is 0 Å². The van der Waals surface area contributed by atoms with Crippen molar-refractivity contribution in [2.24, 2.45) is 5.92 Å². The summed E-state index contributed by atoms with van der Waals surface area (Å²) >= 11 is 5.97. The molecule has 1 aliphatic heterocycles. The standard InChI is InChI=1S/C14H17ClFNO2/c1-2-5-17-13-8-19-7-11(13)14(18)10-6-9(16)3-4-12(10)15/h3-4,6,11,13,17H,2,5,7-8H2,1H3. The molecule has 0 aromatic heterocycles. The first kappa shape index (κ1) is 14.4. The van der Waals surface area contributed by atoms with E-state index in [0.29, 0.717) is 13.2 Å². The number of nitrogens with one attached hydrogen (secondary N) is 1. The van der Waals surface area contributed by atoms with Crippen molar-refractivity contribution < 1.29 is 13.9 Å². The fourth-order valence-electron chi connectivity index (χ4n) is 2.23. The van der Waals surface area contributed by atoms with Crippen molar-refractivity contribution in [2.75, 3.05) is 19.8 Å². The van der Waals surface area contributed by atoms with Crippen molar-refractivity contribution in [1.82, 2.24) is 5.32 Å². The predicted octanol–water partition coefficient (Wildman–Crippen LogP) is 2.68. The van der Waals surface area contributed by atoms with Crippen LogP contribution in [0.2, 0.25) is 5.02 Å². The molecule has 1 fully saturated rings. The lowest BCUT2D eigenvalue weighted by atomic mass is 9.93. The number of carbonyl (C=O) groups is 1. The minimum Gasteiger partial charge on any atom is -0.379 e. The number of hydrogen-bond donors (Lipinski definition) is 1. The van der Waals surface area contributed by atoms with Crippen molar-refractivity contribution in [1.29, 1.82) is 0 Å². The second kappa shape index (κ2) is 6.46. The van der Waals surface area contributed by atoms with Gasteiger partial charge in [0.25, 0.3) is 0 Å². The van der Waals surface area contributed by atoms with Crippen LogP contribution >= 0.6 is 11.6 Å². The van der Waals surface area contributed by atoms with Crippen LogP contribution in [0, 0.1) is 11.7 Å². The zero-order valence-electron chi connectivity index (χ0n) is 10.8. The van der Waals surface area contributed by atoms with E-state index in [9.17, 15) is 9.18 Å². The molecule has 3 nitrogen and oxygen atoms in total. The second-order valence-electron chi connectivity index (χ2n) is 4.69. The number of ketones is 1. The molecule has 0 radical (unpaired) electrons. The molecule has 5 heteroatoms. The maximum atomic E-state index is 13.2. The van der Waals surface area contributed by atoms with Gasteiger partial charge >= 0.3 is 0 Å². The molecule has 1 saturated heterocycles. The molecule has 2 unspecified atom stereocenters. The second-order valence-corrected chi connectivity index (χ2v) is 5.10. The van der Waals surface area contributed by atoms with E-state index in [1.165, 1.54) is 18.2 Å². The average molecular weight is 286 g/mol. The van der Waals surface area contributed by atoms with Crippen molar-refractivity contribution in [3.63, 3.8) is 0 Å². The highest BCUT2D eigenvalue weighted by atomic mass is 35.5. The summed E-state index contributed by atoms with van der Waals surface area (Å²) in [5, 5.41) is 3.57. The molecule has 0 aliphatic carbocycles. The zero-order valence-corrected chi connectivity index (χ0v) is 11.5. The zero-order chi connectivity index (χ0) is 13.8. The molecule has 19 heavy (non-hydrogen) atoms. The van der Waals surface area contributed by atoms with Gasteiger partial charge in [0.05, 0.1) is 24.2 Å². The molecule has 0 amide bonds. The SMILES string of the molecule is CCCNC1COCC1C(=O)c1cc(F)ccc1Cl. The molecule has 1 aromatic rings. The van der Waals surface area contributed by atoms with Crippen LogP contribution < -0.4 is 5.32 Å². The van der Waals surface area contributed by atoms with Gasteiger partial charge in [-0.15, -0.1) is 0 Å². The summed E-state index contributed by atoms with van der Waals surface area (Å²) in [5.41, 5.74) is 0.237. The highest BCUT2D eigenvalue weighted by Gasteiger charge is 2.34. The third-order valence-electron chi connectivity index (χ3n) is 3.27. The maximum absolute atomic E-state index is 13.2.